The van der Waals surface area contributed by atoms with Crippen LogP contribution in [0.25, 0.3) is 11.6 Å². The Morgan fingerprint density at radius 1 is 1.06 bits per heavy atom. The van der Waals surface area contributed by atoms with E-state index in [0.29, 0.717) is 5.57 Å². The first-order valence-corrected chi connectivity index (χ1v) is 5.38. The van der Waals surface area contributed by atoms with Gasteiger partial charge in [-0.1, -0.05) is 31.7 Å². The fourth-order valence-corrected chi connectivity index (χ4v) is 1.89. The normalized spacial score (nSPS) is 14.9. The molecule has 1 aliphatic heterocycles. The number of carbonyl (C=O) groups excluding carboxylic acids is 1. The number of rotatable bonds is 1. The Hall–Kier alpha value is -2.42. The van der Waals surface area contributed by atoms with Crippen LogP contribution < -0.4 is 5.32 Å². The molecule has 3 heteroatoms. The summed E-state index contributed by atoms with van der Waals surface area (Å²) < 4.78 is 0. The molecule has 0 fully saturated rings. The SMILES string of the molecule is C.O=C1Nc2ccccc2/C1=C/c1ccccn1. The van der Waals surface area contributed by atoms with Crippen molar-refractivity contribution >= 4 is 23.2 Å². The molecule has 1 amide bonds. The second kappa shape index (κ2) is 4.84. The highest BCUT2D eigenvalue weighted by Gasteiger charge is 2.23. The minimum Gasteiger partial charge on any atom is -0.321 e. The Balaban J connectivity index is 0.00000120. The van der Waals surface area contributed by atoms with Crippen molar-refractivity contribution in [2.24, 2.45) is 0 Å². The van der Waals surface area contributed by atoms with E-state index in [1.165, 1.54) is 0 Å². The molecule has 2 heterocycles. The van der Waals surface area contributed by atoms with Gasteiger partial charge in [0.25, 0.3) is 5.91 Å². The third-order valence-corrected chi connectivity index (χ3v) is 2.69. The van der Waals surface area contributed by atoms with Gasteiger partial charge >= 0.3 is 0 Å². The minimum absolute atomic E-state index is 0. The van der Waals surface area contributed by atoms with E-state index in [9.17, 15) is 4.79 Å². The maximum atomic E-state index is 11.8. The summed E-state index contributed by atoms with van der Waals surface area (Å²) in [5.74, 6) is -0.0724. The van der Waals surface area contributed by atoms with Gasteiger partial charge in [-0.3, -0.25) is 9.78 Å². The summed E-state index contributed by atoms with van der Waals surface area (Å²) in [6.45, 7) is 0. The largest absolute Gasteiger partial charge is 0.321 e. The van der Waals surface area contributed by atoms with Crippen LogP contribution in [0.3, 0.4) is 0 Å². The molecular weight excluding hydrogens is 224 g/mol. The third kappa shape index (κ3) is 2.02. The summed E-state index contributed by atoms with van der Waals surface area (Å²) in [5, 5.41) is 2.83. The van der Waals surface area contributed by atoms with Crippen LogP contribution in [0.4, 0.5) is 5.69 Å². The van der Waals surface area contributed by atoms with Gasteiger partial charge in [-0.05, 0) is 24.3 Å². The minimum atomic E-state index is -0.0724. The van der Waals surface area contributed by atoms with Gasteiger partial charge in [-0.25, -0.2) is 0 Å². The molecule has 0 aliphatic carbocycles. The Labute approximate surface area is 106 Å². The molecule has 0 atom stereocenters. The number of nitrogens with zero attached hydrogens (tertiary/aromatic N) is 1. The number of hydrogen-bond acceptors (Lipinski definition) is 2. The standard InChI is InChI=1S/C14H10N2O.CH4/c17-14-12(9-10-5-3-4-8-15-10)11-6-1-2-7-13(11)16-14;/h1-9H,(H,16,17);1H4/b12-9-;. The molecule has 3 rings (SSSR count). The Bertz CT molecular complexity index is 603. The molecule has 0 spiro atoms. The first-order valence-electron chi connectivity index (χ1n) is 5.38. The van der Waals surface area contributed by atoms with Crippen molar-refractivity contribution in [2.75, 3.05) is 5.32 Å². The van der Waals surface area contributed by atoms with Crippen LogP contribution in [0, 0.1) is 0 Å². The molecule has 1 N–H and O–H groups in total. The summed E-state index contributed by atoms with van der Waals surface area (Å²) in [6, 6.07) is 13.3. The topological polar surface area (TPSA) is 42.0 Å². The molecule has 0 saturated carbocycles. The van der Waals surface area contributed by atoms with Crippen LogP contribution in [-0.2, 0) is 4.79 Å². The van der Waals surface area contributed by atoms with Gasteiger partial charge in [0.15, 0.2) is 0 Å². The number of fused-ring (bicyclic) bond motifs is 1. The number of nitrogens with one attached hydrogen (secondary N) is 1. The number of hydrogen-bond donors (Lipinski definition) is 1. The Kier molecular flexibility index (Phi) is 3.24. The van der Waals surface area contributed by atoms with Gasteiger partial charge in [0.1, 0.15) is 0 Å². The van der Waals surface area contributed by atoms with E-state index in [0.717, 1.165) is 16.9 Å². The first-order chi connectivity index (χ1) is 8.34. The van der Waals surface area contributed by atoms with Crippen LogP contribution in [0.5, 0.6) is 0 Å². The lowest BCUT2D eigenvalue weighted by molar-refractivity contribution is -0.110. The number of aromatic nitrogens is 1. The van der Waals surface area contributed by atoms with Gasteiger partial charge in [0.2, 0.25) is 0 Å². The van der Waals surface area contributed by atoms with Crippen molar-refractivity contribution in [1.29, 1.82) is 0 Å². The molecule has 0 radical (unpaired) electrons. The fraction of sp³-hybridized carbons (Fsp3) is 0.0667. The van der Waals surface area contributed by atoms with Crippen molar-refractivity contribution < 1.29 is 4.79 Å². The van der Waals surface area contributed by atoms with E-state index in [4.69, 9.17) is 0 Å². The van der Waals surface area contributed by atoms with Crippen molar-refractivity contribution in [1.82, 2.24) is 4.98 Å². The van der Waals surface area contributed by atoms with E-state index < -0.39 is 0 Å². The third-order valence-electron chi connectivity index (χ3n) is 2.69. The van der Waals surface area contributed by atoms with Crippen molar-refractivity contribution in [3.63, 3.8) is 0 Å². The highest BCUT2D eigenvalue weighted by molar-refractivity contribution is 6.34. The zero-order valence-electron chi connectivity index (χ0n) is 9.05. The molecule has 1 aliphatic rings. The van der Waals surface area contributed by atoms with Crippen LogP contribution in [-0.4, -0.2) is 10.9 Å². The maximum absolute atomic E-state index is 11.8. The zero-order chi connectivity index (χ0) is 11.7. The summed E-state index contributed by atoms with van der Waals surface area (Å²) in [5.41, 5.74) is 3.25. The molecule has 3 nitrogen and oxygen atoms in total. The second-order valence-electron chi connectivity index (χ2n) is 3.81. The highest BCUT2D eigenvalue weighted by atomic mass is 16.2. The number of benzene rings is 1. The second-order valence-corrected chi connectivity index (χ2v) is 3.81. The van der Waals surface area contributed by atoms with E-state index >= 15 is 0 Å². The van der Waals surface area contributed by atoms with Gasteiger partial charge in [0, 0.05) is 17.4 Å². The van der Waals surface area contributed by atoms with Crippen molar-refractivity contribution in [3.8, 4) is 0 Å². The van der Waals surface area contributed by atoms with Crippen LogP contribution in [0.15, 0.2) is 48.7 Å². The van der Waals surface area contributed by atoms with E-state index in [1.54, 1.807) is 12.3 Å². The number of anilines is 1. The van der Waals surface area contributed by atoms with Gasteiger partial charge in [-0.15, -0.1) is 0 Å². The number of para-hydroxylation sites is 1. The Morgan fingerprint density at radius 3 is 2.61 bits per heavy atom. The fourth-order valence-electron chi connectivity index (χ4n) is 1.89. The first kappa shape index (κ1) is 12.0. The van der Waals surface area contributed by atoms with Crippen LogP contribution in [0.2, 0.25) is 0 Å². The average Bonchev–Trinajstić information content (AvgIpc) is 2.68. The summed E-state index contributed by atoms with van der Waals surface area (Å²) in [7, 11) is 0. The lowest BCUT2D eigenvalue weighted by Crippen LogP contribution is -2.03. The quantitative estimate of drug-likeness (QED) is 0.775. The predicted molar refractivity (Wildman–Crippen MR) is 73.9 cm³/mol. The summed E-state index contributed by atoms with van der Waals surface area (Å²) in [6.07, 6.45) is 3.52. The molecule has 1 aromatic carbocycles. The van der Waals surface area contributed by atoms with Crippen LogP contribution >= 0.6 is 0 Å². The molecular formula is C15H14N2O. The van der Waals surface area contributed by atoms with Gasteiger partial charge < -0.3 is 5.32 Å². The lowest BCUT2D eigenvalue weighted by Gasteiger charge is -1.97. The summed E-state index contributed by atoms with van der Waals surface area (Å²) >= 11 is 0. The molecule has 2 aromatic rings. The lowest BCUT2D eigenvalue weighted by atomic mass is 10.1. The van der Waals surface area contributed by atoms with Crippen molar-refractivity contribution in [3.05, 3.63) is 59.9 Å². The highest BCUT2D eigenvalue weighted by Crippen LogP contribution is 2.32. The summed E-state index contributed by atoms with van der Waals surface area (Å²) in [4.78, 5) is 16.0. The predicted octanol–water partition coefficient (Wildman–Crippen LogP) is 3.21. The van der Waals surface area contributed by atoms with E-state index in [-0.39, 0.29) is 13.3 Å². The zero-order valence-corrected chi connectivity index (χ0v) is 9.05. The maximum Gasteiger partial charge on any atom is 0.256 e. The van der Waals surface area contributed by atoms with Crippen LogP contribution in [0.1, 0.15) is 18.7 Å². The molecule has 0 bridgehead atoms. The monoisotopic (exact) mass is 238 g/mol. The van der Waals surface area contributed by atoms with Crippen molar-refractivity contribution in [2.45, 2.75) is 7.43 Å². The number of amides is 1. The van der Waals surface area contributed by atoms with E-state index in [2.05, 4.69) is 10.3 Å². The molecule has 1 aromatic heterocycles. The van der Waals surface area contributed by atoms with Gasteiger partial charge in [0.05, 0.1) is 11.3 Å². The average molecular weight is 238 g/mol. The molecule has 18 heavy (non-hydrogen) atoms. The molecule has 0 saturated heterocycles. The van der Waals surface area contributed by atoms with Gasteiger partial charge in [-0.2, -0.15) is 0 Å². The molecule has 90 valence electrons. The molecule has 0 unspecified atom stereocenters. The number of pyridine rings is 1. The smallest absolute Gasteiger partial charge is 0.256 e. The number of carbonyl (C=O) groups is 1. The van der Waals surface area contributed by atoms with E-state index in [1.807, 2.05) is 42.5 Å². The Morgan fingerprint density at radius 2 is 1.83 bits per heavy atom.